The molecule has 0 fully saturated rings. The van der Waals surface area contributed by atoms with Gasteiger partial charge in [-0.2, -0.15) is 0 Å². The van der Waals surface area contributed by atoms with E-state index in [-0.39, 0.29) is 17.0 Å². The number of alkyl halides is 3. The van der Waals surface area contributed by atoms with Crippen molar-refractivity contribution >= 4 is 11.6 Å². The first kappa shape index (κ1) is 14.6. The number of ether oxygens (including phenoxy) is 1. The normalized spacial score (nSPS) is 11.0. The Morgan fingerprint density at radius 1 is 1.24 bits per heavy atom. The van der Waals surface area contributed by atoms with Gasteiger partial charge in [0.2, 0.25) is 0 Å². The molecule has 2 rings (SSSR count). The largest absolute Gasteiger partial charge is 0.573 e. The average molecular weight is 298 g/mol. The number of pyridine rings is 1. The van der Waals surface area contributed by atoms with Crippen LogP contribution in [0.2, 0.25) is 0 Å². The van der Waals surface area contributed by atoms with E-state index in [1.54, 1.807) is 0 Å². The highest BCUT2D eigenvalue weighted by atomic mass is 19.4. The molecule has 5 nitrogen and oxygen atoms in total. The van der Waals surface area contributed by atoms with Gasteiger partial charge in [0.1, 0.15) is 11.5 Å². The summed E-state index contributed by atoms with van der Waals surface area (Å²) in [5, 5.41) is 11.6. The number of nitrogens with zero attached hydrogens (tertiary/aromatic N) is 1. The van der Waals surface area contributed by atoms with E-state index in [0.717, 1.165) is 18.3 Å². The first-order valence-electron chi connectivity index (χ1n) is 5.65. The van der Waals surface area contributed by atoms with Gasteiger partial charge in [0.25, 0.3) is 5.91 Å². The summed E-state index contributed by atoms with van der Waals surface area (Å²) < 4.78 is 40.0. The lowest BCUT2D eigenvalue weighted by atomic mass is 10.2. The lowest BCUT2D eigenvalue weighted by Crippen LogP contribution is -2.17. The maximum Gasteiger partial charge on any atom is 0.573 e. The third-order valence-electron chi connectivity index (χ3n) is 2.31. The third kappa shape index (κ3) is 4.37. The molecule has 0 saturated carbocycles. The molecule has 0 atom stereocenters. The van der Waals surface area contributed by atoms with Crippen molar-refractivity contribution < 1.29 is 27.8 Å². The van der Waals surface area contributed by atoms with Gasteiger partial charge >= 0.3 is 6.36 Å². The van der Waals surface area contributed by atoms with E-state index in [9.17, 15) is 23.1 Å². The number of anilines is 1. The summed E-state index contributed by atoms with van der Waals surface area (Å²) in [4.78, 5) is 15.5. The molecular weight excluding hydrogens is 289 g/mol. The van der Waals surface area contributed by atoms with E-state index in [4.69, 9.17) is 0 Å². The number of benzene rings is 1. The van der Waals surface area contributed by atoms with Crippen LogP contribution in [0.3, 0.4) is 0 Å². The van der Waals surface area contributed by atoms with E-state index in [1.165, 1.54) is 24.4 Å². The Kier molecular flexibility index (Phi) is 3.97. The molecule has 2 aromatic rings. The van der Waals surface area contributed by atoms with Crippen molar-refractivity contribution in [2.24, 2.45) is 0 Å². The van der Waals surface area contributed by atoms with Crippen molar-refractivity contribution in [1.82, 2.24) is 4.98 Å². The van der Waals surface area contributed by atoms with Gasteiger partial charge in [-0.05, 0) is 18.2 Å². The van der Waals surface area contributed by atoms with Gasteiger partial charge in [-0.3, -0.25) is 9.78 Å². The van der Waals surface area contributed by atoms with E-state index in [2.05, 4.69) is 15.0 Å². The summed E-state index contributed by atoms with van der Waals surface area (Å²) in [6, 6.07) is 6.02. The Bertz CT molecular complexity index is 659. The van der Waals surface area contributed by atoms with E-state index in [0.29, 0.717) is 0 Å². The predicted octanol–water partition coefficient (Wildman–Crippen LogP) is 2.94. The molecule has 1 aromatic carbocycles. The number of aromatic hydroxyl groups is 1. The molecule has 0 aliphatic heterocycles. The van der Waals surface area contributed by atoms with Crippen LogP contribution >= 0.6 is 0 Å². The first-order valence-corrected chi connectivity index (χ1v) is 5.65. The fourth-order valence-electron chi connectivity index (χ4n) is 1.53. The van der Waals surface area contributed by atoms with Crippen LogP contribution in [-0.2, 0) is 0 Å². The molecule has 2 N–H and O–H groups in total. The minimum Gasteiger partial charge on any atom is -0.506 e. The smallest absolute Gasteiger partial charge is 0.506 e. The van der Waals surface area contributed by atoms with E-state index < -0.39 is 18.0 Å². The predicted molar refractivity (Wildman–Crippen MR) is 67.0 cm³/mol. The maximum atomic E-state index is 12.1. The molecule has 1 amide bonds. The highest BCUT2D eigenvalue weighted by Crippen LogP contribution is 2.25. The van der Waals surface area contributed by atoms with Crippen LogP contribution < -0.4 is 10.1 Å². The summed E-state index contributed by atoms with van der Waals surface area (Å²) in [5.74, 6) is -1.27. The van der Waals surface area contributed by atoms with E-state index >= 15 is 0 Å². The Morgan fingerprint density at radius 2 is 2.00 bits per heavy atom. The second kappa shape index (κ2) is 5.70. The molecule has 0 unspecified atom stereocenters. The molecule has 0 bridgehead atoms. The van der Waals surface area contributed by atoms with Crippen molar-refractivity contribution in [2.75, 3.05) is 5.32 Å². The second-order valence-electron chi connectivity index (χ2n) is 3.96. The zero-order valence-corrected chi connectivity index (χ0v) is 10.4. The molecule has 1 heterocycles. The molecule has 0 spiro atoms. The van der Waals surface area contributed by atoms with Crippen molar-refractivity contribution in [3.05, 3.63) is 48.3 Å². The number of aromatic nitrogens is 1. The van der Waals surface area contributed by atoms with Gasteiger partial charge in [0, 0.05) is 18.0 Å². The second-order valence-corrected chi connectivity index (χ2v) is 3.96. The van der Waals surface area contributed by atoms with Crippen LogP contribution in [0.15, 0.2) is 42.7 Å². The first-order chi connectivity index (χ1) is 9.83. The maximum absolute atomic E-state index is 12.1. The summed E-state index contributed by atoms with van der Waals surface area (Å²) >= 11 is 0. The number of nitrogens with one attached hydrogen (secondary N) is 1. The van der Waals surface area contributed by atoms with Crippen molar-refractivity contribution in [3.8, 4) is 11.5 Å². The highest BCUT2D eigenvalue weighted by Gasteiger charge is 2.31. The molecule has 0 saturated heterocycles. The number of carbonyl (C=O) groups excluding carboxylic acids is 1. The molecule has 21 heavy (non-hydrogen) atoms. The van der Waals surface area contributed by atoms with Crippen molar-refractivity contribution in [3.63, 3.8) is 0 Å². The van der Waals surface area contributed by atoms with Gasteiger partial charge < -0.3 is 15.2 Å². The zero-order valence-electron chi connectivity index (χ0n) is 10.4. The monoisotopic (exact) mass is 298 g/mol. The summed E-state index contributed by atoms with van der Waals surface area (Å²) in [5.41, 5.74) is 0.183. The summed E-state index contributed by atoms with van der Waals surface area (Å²) in [7, 11) is 0. The lowest BCUT2D eigenvalue weighted by molar-refractivity contribution is -0.274. The number of amides is 1. The van der Waals surface area contributed by atoms with E-state index in [1.807, 2.05) is 0 Å². The number of rotatable bonds is 3. The van der Waals surface area contributed by atoms with Gasteiger partial charge in [-0.1, -0.05) is 6.07 Å². The van der Waals surface area contributed by atoms with Crippen LogP contribution in [0, 0.1) is 0 Å². The Labute approximate surface area is 117 Å². The molecule has 0 radical (unpaired) electrons. The summed E-state index contributed by atoms with van der Waals surface area (Å²) in [6.45, 7) is 0. The topological polar surface area (TPSA) is 71.5 Å². The number of carbonyl (C=O) groups is 1. The molecule has 0 aliphatic rings. The average Bonchev–Trinajstić information content (AvgIpc) is 2.37. The fraction of sp³-hybridized carbons (Fsp3) is 0.0769. The van der Waals surface area contributed by atoms with Crippen LogP contribution in [0.25, 0.3) is 0 Å². The third-order valence-corrected chi connectivity index (χ3v) is 2.31. The standard InChI is InChI=1S/C13H9F3N2O3/c14-13(15,16)21-11-3-1-2-9(5-11)18-12(20)8-4-10(19)7-17-6-8/h1-7,19H,(H,18,20). The number of hydrogen-bond donors (Lipinski definition) is 2. The highest BCUT2D eigenvalue weighted by molar-refractivity contribution is 6.04. The minimum absolute atomic E-state index is 0.0668. The molecule has 0 aliphatic carbocycles. The number of hydrogen-bond acceptors (Lipinski definition) is 4. The van der Waals surface area contributed by atoms with Crippen LogP contribution in [-0.4, -0.2) is 22.4 Å². The molecular formula is C13H9F3N2O3. The summed E-state index contributed by atoms with van der Waals surface area (Å²) in [6.07, 6.45) is -2.45. The van der Waals surface area contributed by atoms with Gasteiger partial charge in [-0.25, -0.2) is 0 Å². The van der Waals surface area contributed by atoms with Crippen molar-refractivity contribution in [1.29, 1.82) is 0 Å². The van der Waals surface area contributed by atoms with Crippen LogP contribution in [0.5, 0.6) is 11.5 Å². The van der Waals surface area contributed by atoms with Crippen molar-refractivity contribution in [2.45, 2.75) is 6.36 Å². The Hall–Kier alpha value is -2.77. The van der Waals surface area contributed by atoms with Gasteiger partial charge in [0.05, 0.1) is 11.8 Å². The van der Waals surface area contributed by atoms with Crippen LogP contribution in [0.1, 0.15) is 10.4 Å². The Balaban J connectivity index is 2.13. The SMILES string of the molecule is O=C(Nc1cccc(OC(F)(F)F)c1)c1cncc(O)c1. The molecule has 110 valence electrons. The number of halogens is 3. The molecule has 1 aromatic heterocycles. The molecule has 8 heteroatoms. The van der Waals surface area contributed by atoms with Crippen LogP contribution in [0.4, 0.5) is 18.9 Å². The Morgan fingerprint density at radius 3 is 2.67 bits per heavy atom. The van der Waals surface area contributed by atoms with Gasteiger partial charge in [-0.15, -0.1) is 13.2 Å². The zero-order chi connectivity index (χ0) is 15.5. The minimum atomic E-state index is -4.81. The fourth-order valence-corrected chi connectivity index (χ4v) is 1.53. The lowest BCUT2D eigenvalue weighted by Gasteiger charge is -2.10. The van der Waals surface area contributed by atoms with Gasteiger partial charge in [0.15, 0.2) is 0 Å². The quantitative estimate of drug-likeness (QED) is 0.914.